The van der Waals surface area contributed by atoms with Crippen molar-refractivity contribution in [2.45, 2.75) is 52.2 Å². The average molecular weight is 279 g/mol. The topological polar surface area (TPSA) is 75.3 Å². The summed E-state index contributed by atoms with van der Waals surface area (Å²) in [5.74, 6) is -0.492. The van der Waals surface area contributed by atoms with Crippen molar-refractivity contribution in [2.24, 2.45) is 0 Å². The van der Waals surface area contributed by atoms with Crippen molar-refractivity contribution in [2.75, 3.05) is 6.54 Å². The van der Waals surface area contributed by atoms with Gasteiger partial charge in [0.1, 0.15) is 11.6 Å². The van der Waals surface area contributed by atoms with Crippen LogP contribution in [0.25, 0.3) is 0 Å². The highest BCUT2D eigenvalue weighted by molar-refractivity contribution is 5.97. The summed E-state index contributed by atoms with van der Waals surface area (Å²) in [5.41, 5.74) is 0.685. The molecule has 1 fully saturated rings. The van der Waals surface area contributed by atoms with Crippen molar-refractivity contribution < 1.29 is 14.3 Å². The standard InChI is InChI=1S/C14H21N3O3/c1-9-10(8-15-16-9)12(18)17-7-5-6-11(17)13(19)20-14(2,3)4/h8,11H,5-7H2,1-4H3,(H,15,16)/t11-/m1/s1. The van der Waals surface area contributed by atoms with Gasteiger partial charge < -0.3 is 9.64 Å². The number of nitrogens with zero attached hydrogens (tertiary/aromatic N) is 2. The van der Waals surface area contributed by atoms with Gasteiger partial charge in [-0.25, -0.2) is 4.79 Å². The third kappa shape index (κ3) is 3.00. The Hall–Kier alpha value is -1.85. The number of ether oxygens (including phenoxy) is 1. The second kappa shape index (κ2) is 5.26. The van der Waals surface area contributed by atoms with E-state index in [-0.39, 0.29) is 11.9 Å². The number of H-pyrrole nitrogens is 1. The van der Waals surface area contributed by atoms with Crippen molar-refractivity contribution in [1.29, 1.82) is 0 Å². The first kappa shape index (κ1) is 14.6. The van der Waals surface area contributed by atoms with E-state index >= 15 is 0 Å². The number of carbonyl (C=O) groups excluding carboxylic acids is 2. The van der Waals surface area contributed by atoms with Crippen LogP contribution in [0.1, 0.15) is 49.7 Å². The van der Waals surface area contributed by atoms with Gasteiger partial charge in [0, 0.05) is 12.2 Å². The number of amides is 1. The minimum atomic E-state index is -0.542. The summed E-state index contributed by atoms with van der Waals surface area (Å²) >= 11 is 0. The van der Waals surface area contributed by atoms with Crippen molar-refractivity contribution in [3.63, 3.8) is 0 Å². The van der Waals surface area contributed by atoms with Gasteiger partial charge in [0.2, 0.25) is 0 Å². The number of aryl methyl sites for hydroxylation is 1. The fourth-order valence-corrected chi connectivity index (χ4v) is 2.35. The molecule has 1 saturated heterocycles. The Morgan fingerprint density at radius 1 is 1.45 bits per heavy atom. The molecule has 110 valence electrons. The van der Waals surface area contributed by atoms with Crippen LogP contribution in [0.15, 0.2) is 6.20 Å². The molecule has 1 N–H and O–H groups in total. The average Bonchev–Trinajstić information content (AvgIpc) is 2.93. The van der Waals surface area contributed by atoms with Crippen molar-refractivity contribution in [1.82, 2.24) is 15.1 Å². The van der Waals surface area contributed by atoms with E-state index in [2.05, 4.69) is 10.2 Å². The Morgan fingerprint density at radius 3 is 2.70 bits per heavy atom. The van der Waals surface area contributed by atoms with Crippen LogP contribution >= 0.6 is 0 Å². The van der Waals surface area contributed by atoms with Gasteiger partial charge in [0.25, 0.3) is 5.91 Å². The van der Waals surface area contributed by atoms with E-state index in [1.165, 1.54) is 6.20 Å². The highest BCUT2D eigenvalue weighted by Gasteiger charge is 2.37. The van der Waals surface area contributed by atoms with Crippen LogP contribution < -0.4 is 0 Å². The Kier molecular flexibility index (Phi) is 3.83. The lowest BCUT2D eigenvalue weighted by atomic mass is 10.1. The van der Waals surface area contributed by atoms with Crippen LogP contribution in [-0.4, -0.2) is 45.2 Å². The molecule has 0 bridgehead atoms. The van der Waals surface area contributed by atoms with Crippen LogP contribution in [0.2, 0.25) is 0 Å². The second-order valence-electron chi connectivity index (χ2n) is 6.10. The molecule has 0 aromatic carbocycles. The van der Waals surface area contributed by atoms with Crippen molar-refractivity contribution >= 4 is 11.9 Å². The van der Waals surface area contributed by atoms with E-state index < -0.39 is 11.6 Å². The molecule has 6 heteroatoms. The maximum Gasteiger partial charge on any atom is 0.329 e. The molecule has 0 saturated carbocycles. The van der Waals surface area contributed by atoms with E-state index in [1.807, 2.05) is 20.8 Å². The smallest absolute Gasteiger partial charge is 0.329 e. The normalized spacial score (nSPS) is 19.2. The van der Waals surface area contributed by atoms with Crippen molar-refractivity contribution in [3.05, 3.63) is 17.5 Å². The first-order chi connectivity index (χ1) is 9.29. The predicted octanol–water partition coefficient (Wildman–Crippen LogP) is 1.66. The van der Waals surface area contributed by atoms with E-state index in [0.717, 1.165) is 6.42 Å². The lowest BCUT2D eigenvalue weighted by molar-refractivity contribution is -0.159. The lowest BCUT2D eigenvalue weighted by Crippen LogP contribution is -2.43. The van der Waals surface area contributed by atoms with Gasteiger partial charge in [-0.3, -0.25) is 9.89 Å². The summed E-state index contributed by atoms with van der Waals surface area (Å²) in [6.07, 6.45) is 2.96. The number of aromatic nitrogens is 2. The molecule has 0 aliphatic carbocycles. The number of esters is 1. The molecule has 1 amide bonds. The highest BCUT2D eigenvalue weighted by Crippen LogP contribution is 2.23. The van der Waals surface area contributed by atoms with Crippen LogP contribution in [0.4, 0.5) is 0 Å². The van der Waals surface area contributed by atoms with Gasteiger partial charge in [-0.15, -0.1) is 0 Å². The van der Waals surface area contributed by atoms with Crippen LogP contribution in [0.5, 0.6) is 0 Å². The Labute approximate surface area is 118 Å². The monoisotopic (exact) mass is 279 g/mol. The maximum atomic E-state index is 12.5. The summed E-state index contributed by atoms with van der Waals surface area (Å²) < 4.78 is 5.39. The molecule has 1 atom stereocenters. The largest absolute Gasteiger partial charge is 0.458 e. The molecule has 1 aliphatic heterocycles. The van der Waals surface area contributed by atoms with Gasteiger partial charge in [0.15, 0.2) is 0 Å². The van der Waals surface area contributed by atoms with E-state index in [1.54, 1.807) is 11.8 Å². The third-order valence-corrected chi connectivity index (χ3v) is 3.25. The zero-order chi connectivity index (χ0) is 14.9. The van der Waals surface area contributed by atoms with Crippen LogP contribution in [-0.2, 0) is 9.53 Å². The molecular formula is C14H21N3O3. The molecule has 6 nitrogen and oxygen atoms in total. The zero-order valence-electron chi connectivity index (χ0n) is 12.4. The number of rotatable bonds is 2. The lowest BCUT2D eigenvalue weighted by Gasteiger charge is -2.27. The number of carbonyl (C=O) groups is 2. The molecule has 0 radical (unpaired) electrons. The zero-order valence-corrected chi connectivity index (χ0v) is 12.4. The third-order valence-electron chi connectivity index (χ3n) is 3.25. The van der Waals surface area contributed by atoms with Crippen molar-refractivity contribution in [3.8, 4) is 0 Å². The molecule has 1 aromatic rings. The summed E-state index contributed by atoms with van der Waals surface area (Å²) in [5, 5.41) is 6.60. The molecule has 1 aliphatic rings. The number of aromatic amines is 1. The minimum absolute atomic E-state index is 0.162. The fourth-order valence-electron chi connectivity index (χ4n) is 2.35. The molecular weight excluding hydrogens is 258 g/mol. The molecule has 2 rings (SSSR count). The predicted molar refractivity (Wildman–Crippen MR) is 73.2 cm³/mol. The summed E-state index contributed by atoms with van der Waals surface area (Å²) in [6, 6.07) is -0.490. The first-order valence-corrected chi connectivity index (χ1v) is 6.83. The number of hydrogen-bond acceptors (Lipinski definition) is 4. The van der Waals surface area contributed by atoms with Crippen LogP contribution in [0.3, 0.4) is 0 Å². The molecule has 2 heterocycles. The van der Waals surface area contributed by atoms with E-state index in [0.29, 0.717) is 24.2 Å². The Balaban J connectivity index is 2.13. The Bertz CT molecular complexity index is 516. The summed E-state index contributed by atoms with van der Waals surface area (Å²) in [7, 11) is 0. The number of hydrogen-bond donors (Lipinski definition) is 1. The first-order valence-electron chi connectivity index (χ1n) is 6.83. The van der Waals surface area contributed by atoms with Gasteiger partial charge in [-0.1, -0.05) is 0 Å². The highest BCUT2D eigenvalue weighted by atomic mass is 16.6. The van der Waals surface area contributed by atoms with E-state index in [4.69, 9.17) is 4.74 Å². The molecule has 20 heavy (non-hydrogen) atoms. The number of likely N-dealkylation sites (tertiary alicyclic amines) is 1. The van der Waals surface area contributed by atoms with Gasteiger partial charge in [-0.05, 0) is 40.5 Å². The summed E-state index contributed by atoms with van der Waals surface area (Å²) in [6.45, 7) is 7.84. The molecule has 0 unspecified atom stereocenters. The SMILES string of the molecule is Cc1[nH]ncc1C(=O)N1CCC[C@@H]1C(=O)OC(C)(C)C. The molecule has 1 aromatic heterocycles. The quantitative estimate of drug-likeness (QED) is 0.835. The maximum absolute atomic E-state index is 12.5. The Morgan fingerprint density at radius 2 is 2.15 bits per heavy atom. The van der Waals surface area contributed by atoms with E-state index in [9.17, 15) is 9.59 Å². The molecule has 0 spiro atoms. The van der Waals surface area contributed by atoms with Gasteiger partial charge in [0.05, 0.1) is 11.8 Å². The van der Waals surface area contributed by atoms with Gasteiger partial charge >= 0.3 is 5.97 Å². The van der Waals surface area contributed by atoms with Gasteiger partial charge in [-0.2, -0.15) is 5.10 Å². The van der Waals surface area contributed by atoms with Crippen LogP contribution in [0, 0.1) is 6.92 Å². The minimum Gasteiger partial charge on any atom is -0.458 e. The number of nitrogens with one attached hydrogen (secondary N) is 1. The second-order valence-corrected chi connectivity index (χ2v) is 6.10. The summed E-state index contributed by atoms with van der Waals surface area (Å²) in [4.78, 5) is 26.2. The fraction of sp³-hybridized carbons (Fsp3) is 0.643.